The molecule has 0 radical (unpaired) electrons. The van der Waals surface area contributed by atoms with Crippen LogP contribution in [-0.2, 0) is 14.3 Å². The molecule has 3 N–H and O–H groups in total. The van der Waals surface area contributed by atoms with Crippen LogP contribution in [0.3, 0.4) is 0 Å². The third-order valence-electron chi connectivity index (χ3n) is 4.92. The van der Waals surface area contributed by atoms with Gasteiger partial charge in [-0.2, -0.15) is 0 Å². The summed E-state index contributed by atoms with van der Waals surface area (Å²) < 4.78 is 5.31. The molecule has 6 nitrogen and oxygen atoms in total. The number of nitrogens with two attached hydrogens (primary N) is 1. The molecule has 1 aliphatic carbocycles. The highest BCUT2D eigenvalue weighted by Gasteiger charge is 2.42. The summed E-state index contributed by atoms with van der Waals surface area (Å²) in [4.78, 5) is 25.9. The number of amides is 1. The molecule has 0 aromatic rings. The van der Waals surface area contributed by atoms with Crippen LogP contribution in [0.5, 0.6) is 0 Å². The number of hydrogen-bond acceptors (Lipinski definition) is 4. The first-order valence-electron chi connectivity index (χ1n) is 7.91. The molecule has 1 heterocycles. The maximum atomic E-state index is 12.9. The first kappa shape index (κ1) is 16.2. The van der Waals surface area contributed by atoms with E-state index in [1.807, 2.05) is 6.92 Å². The minimum atomic E-state index is -0.886. The molecular formula is C15H26N2O4. The Kier molecular flexibility index (Phi) is 5.58. The van der Waals surface area contributed by atoms with Gasteiger partial charge < -0.3 is 20.5 Å². The standard InChI is InChI=1S/C15H26N2O4/c1-2-17(13-9-21-8-12(13)15(19)20)14(18)11-6-4-3-5-10(11)7-16/h10-13H,2-9,16H2,1H3,(H,19,20). The Hall–Kier alpha value is -1.14. The van der Waals surface area contributed by atoms with E-state index in [0.717, 1.165) is 25.7 Å². The Balaban J connectivity index is 2.12. The van der Waals surface area contributed by atoms with Crippen LogP contribution in [0.4, 0.5) is 0 Å². The summed E-state index contributed by atoms with van der Waals surface area (Å²) in [5.74, 6) is -1.27. The Morgan fingerprint density at radius 2 is 1.95 bits per heavy atom. The Morgan fingerprint density at radius 1 is 1.24 bits per heavy atom. The molecule has 1 saturated carbocycles. The van der Waals surface area contributed by atoms with Crippen LogP contribution in [0, 0.1) is 17.8 Å². The van der Waals surface area contributed by atoms with Crippen LogP contribution in [0.1, 0.15) is 32.6 Å². The normalized spacial score (nSPS) is 32.9. The molecule has 2 rings (SSSR count). The van der Waals surface area contributed by atoms with E-state index < -0.39 is 11.9 Å². The van der Waals surface area contributed by atoms with Crippen LogP contribution in [0.2, 0.25) is 0 Å². The summed E-state index contributed by atoms with van der Waals surface area (Å²) in [5.41, 5.74) is 5.81. The van der Waals surface area contributed by atoms with E-state index in [1.165, 1.54) is 0 Å². The SMILES string of the molecule is CCN(C(=O)C1CCCCC1CN)C1COCC1C(=O)O. The number of carboxylic acids is 1. The molecule has 6 heteroatoms. The molecule has 0 aromatic heterocycles. The van der Waals surface area contributed by atoms with Crippen molar-refractivity contribution in [3.63, 3.8) is 0 Å². The second kappa shape index (κ2) is 7.22. The van der Waals surface area contributed by atoms with Gasteiger partial charge >= 0.3 is 5.97 Å². The van der Waals surface area contributed by atoms with Crippen LogP contribution in [0.15, 0.2) is 0 Å². The largest absolute Gasteiger partial charge is 0.481 e. The van der Waals surface area contributed by atoms with Crippen molar-refractivity contribution in [2.24, 2.45) is 23.5 Å². The number of nitrogens with zero attached hydrogens (tertiary/aromatic N) is 1. The van der Waals surface area contributed by atoms with Gasteiger partial charge in [-0.15, -0.1) is 0 Å². The fraction of sp³-hybridized carbons (Fsp3) is 0.867. The number of carbonyl (C=O) groups is 2. The fourth-order valence-electron chi connectivity index (χ4n) is 3.67. The first-order valence-corrected chi connectivity index (χ1v) is 7.91. The monoisotopic (exact) mass is 298 g/mol. The molecular weight excluding hydrogens is 272 g/mol. The van der Waals surface area contributed by atoms with Crippen LogP contribution in [0.25, 0.3) is 0 Å². The lowest BCUT2D eigenvalue weighted by Gasteiger charge is -2.37. The van der Waals surface area contributed by atoms with Gasteiger partial charge in [0.2, 0.25) is 5.91 Å². The number of aliphatic carboxylic acids is 1. The maximum absolute atomic E-state index is 12.9. The minimum absolute atomic E-state index is 0.0567. The average molecular weight is 298 g/mol. The zero-order chi connectivity index (χ0) is 15.4. The molecule has 1 amide bonds. The highest BCUT2D eigenvalue weighted by atomic mass is 16.5. The Labute approximate surface area is 125 Å². The van der Waals surface area contributed by atoms with Gasteiger partial charge in [0.1, 0.15) is 5.92 Å². The molecule has 21 heavy (non-hydrogen) atoms. The van der Waals surface area contributed by atoms with E-state index in [4.69, 9.17) is 10.5 Å². The highest BCUT2D eigenvalue weighted by molar-refractivity contribution is 5.81. The molecule has 0 aromatic carbocycles. The lowest BCUT2D eigenvalue weighted by molar-refractivity contribution is -0.147. The average Bonchev–Trinajstić information content (AvgIpc) is 2.97. The predicted octanol–water partition coefficient (Wildman–Crippen LogP) is 0.700. The summed E-state index contributed by atoms with van der Waals surface area (Å²) in [6.07, 6.45) is 4.03. The summed E-state index contributed by atoms with van der Waals surface area (Å²) >= 11 is 0. The molecule has 0 spiro atoms. The molecule has 4 atom stereocenters. The maximum Gasteiger partial charge on any atom is 0.311 e. The zero-order valence-corrected chi connectivity index (χ0v) is 12.7. The van der Waals surface area contributed by atoms with E-state index in [1.54, 1.807) is 4.90 Å². The van der Waals surface area contributed by atoms with Crippen molar-refractivity contribution in [1.29, 1.82) is 0 Å². The smallest absolute Gasteiger partial charge is 0.311 e. The van der Waals surface area contributed by atoms with E-state index >= 15 is 0 Å². The van der Waals surface area contributed by atoms with E-state index in [0.29, 0.717) is 19.7 Å². The first-order chi connectivity index (χ1) is 10.1. The topological polar surface area (TPSA) is 92.9 Å². The number of hydrogen-bond donors (Lipinski definition) is 2. The molecule has 4 unspecified atom stereocenters. The van der Waals surface area contributed by atoms with Gasteiger partial charge in [-0.25, -0.2) is 0 Å². The highest BCUT2D eigenvalue weighted by Crippen LogP contribution is 2.32. The van der Waals surface area contributed by atoms with Crippen molar-refractivity contribution in [3.8, 4) is 0 Å². The van der Waals surface area contributed by atoms with Crippen LogP contribution in [-0.4, -0.2) is 54.2 Å². The quantitative estimate of drug-likeness (QED) is 0.779. The third kappa shape index (κ3) is 3.37. The van der Waals surface area contributed by atoms with Crippen molar-refractivity contribution < 1.29 is 19.4 Å². The molecule has 2 aliphatic rings. The summed E-state index contributed by atoms with van der Waals surface area (Å²) in [6, 6.07) is -0.347. The van der Waals surface area contributed by atoms with Gasteiger partial charge in [-0.3, -0.25) is 9.59 Å². The second-order valence-electron chi connectivity index (χ2n) is 6.06. The van der Waals surface area contributed by atoms with E-state index in [9.17, 15) is 14.7 Å². The number of rotatable bonds is 5. The van der Waals surface area contributed by atoms with Gasteiger partial charge in [0, 0.05) is 12.5 Å². The number of carboxylic acid groups (broad SMARTS) is 1. The van der Waals surface area contributed by atoms with Crippen molar-refractivity contribution in [2.75, 3.05) is 26.3 Å². The molecule has 1 aliphatic heterocycles. The summed E-state index contributed by atoms with van der Waals surface area (Å²) in [5, 5.41) is 9.28. The molecule has 1 saturated heterocycles. The van der Waals surface area contributed by atoms with Crippen molar-refractivity contribution in [1.82, 2.24) is 4.90 Å². The van der Waals surface area contributed by atoms with Crippen LogP contribution >= 0.6 is 0 Å². The fourth-order valence-corrected chi connectivity index (χ4v) is 3.67. The lowest BCUT2D eigenvalue weighted by atomic mass is 9.78. The number of likely N-dealkylation sites (N-methyl/N-ethyl adjacent to an activating group) is 1. The molecule has 2 fully saturated rings. The Bertz CT molecular complexity index is 388. The van der Waals surface area contributed by atoms with Gasteiger partial charge in [0.25, 0.3) is 0 Å². The summed E-state index contributed by atoms with van der Waals surface area (Å²) in [7, 11) is 0. The minimum Gasteiger partial charge on any atom is -0.481 e. The van der Waals surface area contributed by atoms with Gasteiger partial charge in [0.05, 0.1) is 19.3 Å². The molecule has 0 bridgehead atoms. The number of ether oxygens (including phenoxy) is 1. The summed E-state index contributed by atoms with van der Waals surface area (Å²) in [6.45, 7) is 3.45. The van der Waals surface area contributed by atoms with Crippen molar-refractivity contribution >= 4 is 11.9 Å². The zero-order valence-electron chi connectivity index (χ0n) is 12.7. The number of carbonyl (C=O) groups excluding carboxylic acids is 1. The van der Waals surface area contributed by atoms with Crippen LogP contribution < -0.4 is 5.73 Å². The van der Waals surface area contributed by atoms with Gasteiger partial charge in [-0.05, 0) is 32.2 Å². The lowest BCUT2D eigenvalue weighted by Crippen LogP contribution is -2.50. The van der Waals surface area contributed by atoms with E-state index in [-0.39, 0.29) is 30.4 Å². The Morgan fingerprint density at radius 3 is 2.57 bits per heavy atom. The third-order valence-corrected chi connectivity index (χ3v) is 4.92. The van der Waals surface area contributed by atoms with Gasteiger partial charge in [-0.1, -0.05) is 12.8 Å². The predicted molar refractivity (Wildman–Crippen MR) is 77.6 cm³/mol. The van der Waals surface area contributed by atoms with E-state index in [2.05, 4.69) is 0 Å². The second-order valence-corrected chi connectivity index (χ2v) is 6.06. The van der Waals surface area contributed by atoms with Crippen molar-refractivity contribution in [2.45, 2.75) is 38.6 Å². The molecule has 120 valence electrons. The van der Waals surface area contributed by atoms with Crippen molar-refractivity contribution in [3.05, 3.63) is 0 Å². The van der Waals surface area contributed by atoms with Gasteiger partial charge in [0.15, 0.2) is 0 Å².